The summed E-state index contributed by atoms with van der Waals surface area (Å²) in [6.07, 6.45) is 0.798. The van der Waals surface area contributed by atoms with E-state index in [0.29, 0.717) is 6.04 Å². The van der Waals surface area contributed by atoms with Gasteiger partial charge < -0.3 is 15.0 Å². The number of amides is 1. The monoisotopic (exact) mass is 242 g/mol. The maximum atomic E-state index is 11.8. The Bertz CT molecular complexity index is 276. The lowest BCUT2D eigenvalue weighted by Crippen LogP contribution is -2.45. The van der Waals surface area contributed by atoms with Crippen molar-refractivity contribution < 1.29 is 9.53 Å². The minimum absolute atomic E-state index is 0.0919. The van der Waals surface area contributed by atoms with Crippen LogP contribution >= 0.6 is 0 Å². The van der Waals surface area contributed by atoms with Crippen molar-refractivity contribution in [3.05, 3.63) is 0 Å². The van der Waals surface area contributed by atoms with E-state index in [1.54, 1.807) is 4.90 Å². The molecule has 4 nitrogen and oxygen atoms in total. The van der Waals surface area contributed by atoms with Crippen molar-refractivity contribution in [3.8, 4) is 0 Å². The van der Waals surface area contributed by atoms with Crippen LogP contribution in [0.15, 0.2) is 0 Å². The zero-order valence-electron chi connectivity index (χ0n) is 12.0. The van der Waals surface area contributed by atoms with E-state index < -0.39 is 5.60 Å². The predicted octanol–water partition coefficient (Wildman–Crippen LogP) is 2.38. The standard InChI is InChI=1S/C13H26N2O2/c1-12(2,3)14-10-7-8-15(9-10)11(16)17-13(4,5)6/h10,14H,7-9H2,1-6H3/t10-/m1/s1. The second-order valence-electron chi connectivity index (χ2n) is 6.81. The molecule has 0 unspecified atom stereocenters. The Labute approximate surface area is 105 Å². The molecule has 1 heterocycles. The Kier molecular flexibility index (Phi) is 4.07. The van der Waals surface area contributed by atoms with Crippen LogP contribution in [0.25, 0.3) is 0 Å². The van der Waals surface area contributed by atoms with Crippen LogP contribution in [0, 0.1) is 0 Å². The molecule has 17 heavy (non-hydrogen) atoms. The van der Waals surface area contributed by atoms with E-state index in [0.717, 1.165) is 19.5 Å². The van der Waals surface area contributed by atoms with E-state index in [4.69, 9.17) is 4.74 Å². The minimum atomic E-state index is -0.410. The molecular weight excluding hydrogens is 216 g/mol. The highest BCUT2D eigenvalue weighted by Crippen LogP contribution is 2.16. The molecule has 1 rings (SSSR count). The van der Waals surface area contributed by atoms with Gasteiger partial charge in [0.2, 0.25) is 0 Å². The molecule has 100 valence electrons. The number of carbonyl (C=O) groups excluding carboxylic acids is 1. The third-order valence-electron chi connectivity index (χ3n) is 2.48. The molecule has 1 atom stereocenters. The summed E-state index contributed by atoms with van der Waals surface area (Å²) in [5.41, 5.74) is -0.318. The molecule has 1 aliphatic heterocycles. The fraction of sp³-hybridized carbons (Fsp3) is 0.923. The third-order valence-corrected chi connectivity index (χ3v) is 2.48. The van der Waals surface area contributed by atoms with Gasteiger partial charge in [-0.2, -0.15) is 0 Å². The molecule has 1 amide bonds. The first-order valence-corrected chi connectivity index (χ1v) is 6.32. The number of ether oxygens (including phenoxy) is 1. The van der Waals surface area contributed by atoms with E-state index >= 15 is 0 Å². The average Bonchev–Trinajstić information content (AvgIpc) is 2.45. The van der Waals surface area contributed by atoms with Gasteiger partial charge in [-0.3, -0.25) is 0 Å². The molecule has 0 aromatic rings. The summed E-state index contributed by atoms with van der Waals surface area (Å²) in [6.45, 7) is 13.6. The van der Waals surface area contributed by atoms with Gasteiger partial charge in [0.15, 0.2) is 0 Å². The number of likely N-dealkylation sites (tertiary alicyclic amines) is 1. The number of nitrogens with zero attached hydrogens (tertiary/aromatic N) is 1. The Morgan fingerprint density at radius 2 is 1.82 bits per heavy atom. The van der Waals surface area contributed by atoms with Crippen LogP contribution < -0.4 is 5.32 Å². The molecule has 1 aliphatic rings. The summed E-state index contributed by atoms with van der Waals surface area (Å²) < 4.78 is 5.36. The molecular formula is C13H26N2O2. The fourth-order valence-corrected chi connectivity index (χ4v) is 1.98. The SMILES string of the molecule is CC(C)(C)N[C@@H]1CCN(C(=O)OC(C)(C)C)C1. The summed E-state index contributed by atoms with van der Waals surface area (Å²) in [6, 6.07) is 0.377. The largest absolute Gasteiger partial charge is 0.444 e. The van der Waals surface area contributed by atoms with Gasteiger partial charge in [-0.05, 0) is 48.0 Å². The fourth-order valence-electron chi connectivity index (χ4n) is 1.98. The minimum Gasteiger partial charge on any atom is -0.444 e. The highest BCUT2D eigenvalue weighted by Gasteiger charge is 2.31. The molecule has 1 N–H and O–H groups in total. The molecule has 0 spiro atoms. The molecule has 0 bridgehead atoms. The van der Waals surface area contributed by atoms with Gasteiger partial charge in [-0.25, -0.2) is 4.79 Å². The van der Waals surface area contributed by atoms with Crippen LogP contribution in [-0.2, 0) is 4.74 Å². The average molecular weight is 242 g/mol. The smallest absolute Gasteiger partial charge is 0.410 e. The first-order chi connectivity index (χ1) is 7.57. The normalized spacial score (nSPS) is 21.8. The number of carbonyl (C=O) groups is 1. The van der Waals surface area contributed by atoms with Gasteiger partial charge in [0.05, 0.1) is 0 Å². The van der Waals surface area contributed by atoms with Crippen molar-refractivity contribution >= 4 is 6.09 Å². The molecule has 1 saturated heterocycles. The molecule has 0 aromatic carbocycles. The Balaban J connectivity index is 2.43. The zero-order chi connectivity index (χ0) is 13.3. The molecule has 0 radical (unpaired) electrons. The summed E-state index contributed by atoms with van der Waals surface area (Å²) >= 11 is 0. The highest BCUT2D eigenvalue weighted by molar-refractivity contribution is 5.68. The zero-order valence-corrected chi connectivity index (χ0v) is 12.0. The van der Waals surface area contributed by atoms with E-state index in [1.165, 1.54) is 0 Å². The molecule has 4 heteroatoms. The Hall–Kier alpha value is -0.770. The van der Waals surface area contributed by atoms with Gasteiger partial charge in [-0.1, -0.05) is 0 Å². The van der Waals surface area contributed by atoms with E-state index in [9.17, 15) is 4.79 Å². The van der Waals surface area contributed by atoms with Crippen molar-refractivity contribution in [1.82, 2.24) is 10.2 Å². The van der Waals surface area contributed by atoms with Crippen molar-refractivity contribution in [2.24, 2.45) is 0 Å². The summed E-state index contributed by atoms with van der Waals surface area (Å²) in [5.74, 6) is 0. The van der Waals surface area contributed by atoms with Crippen molar-refractivity contribution in [2.45, 2.75) is 65.1 Å². The second-order valence-corrected chi connectivity index (χ2v) is 6.81. The molecule has 0 aromatic heterocycles. The number of hydrogen-bond acceptors (Lipinski definition) is 3. The lowest BCUT2D eigenvalue weighted by Gasteiger charge is -2.27. The molecule has 0 saturated carbocycles. The van der Waals surface area contributed by atoms with Gasteiger partial charge in [0.1, 0.15) is 5.60 Å². The maximum Gasteiger partial charge on any atom is 0.410 e. The lowest BCUT2D eigenvalue weighted by atomic mass is 10.1. The Morgan fingerprint density at radius 3 is 2.29 bits per heavy atom. The van der Waals surface area contributed by atoms with Crippen molar-refractivity contribution in [3.63, 3.8) is 0 Å². The molecule has 1 fully saturated rings. The van der Waals surface area contributed by atoms with Gasteiger partial charge >= 0.3 is 6.09 Å². The van der Waals surface area contributed by atoms with Crippen LogP contribution in [0.5, 0.6) is 0 Å². The van der Waals surface area contributed by atoms with Gasteiger partial charge in [0.25, 0.3) is 0 Å². The first-order valence-electron chi connectivity index (χ1n) is 6.32. The second kappa shape index (κ2) is 4.84. The summed E-state index contributed by atoms with van der Waals surface area (Å²) in [5, 5.41) is 3.52. The van der Waals surface area contributed by atoms with Crippen LogP contribution in [0.4, 0.5) is 4.79 Å². The number of rotatable bonds is 1. The highest BCUT2D eigenvalue weighted by atomic mass is 16.6. The van der Waals surface area contributed by atoms with Gasteiger partial charge in [0, 0.05) is 24.7 Å². The number of nitrogens with one attached hydrogen (secondary N) is 1. The van der Waals surface area contributed by atoms with E-state index in [2.05, 4.69) is 26.1 Å². The van der Waals surface area contributed by atoms with Crippen LogP contribution in [0.3, 0.4) is 0 Å². The molecule has 0 aliphatic carbocycles. The summed E-state index contributed by atoms with van der Waals surface area (Å²) in [7, 11) is 0. The first kappa shape index (κ1) is 14.3. The maximum absolute atomic E-state index is 11.8. The summed E-state index contributed by atoms with van der Waals surface area (Å²) in [4.78, 5) is 13.6. The third kappa shape index (κ3) is 5.39. The van der Waals surface area contributed by atoms with Gasteiger partial charge in [-0.15, -0.1) is 0 Å². The van der Waals surface area contributed by atoms with Crippen LogP contribution in [0.2, 0.25) is 0 Å². The van der Waals surface area contributed by atoms with E-state index in [1.807, 2.05) is 20.8 Å². The van der Waals surface area contributed by atoms with Crippen molar-refractivity contribution in [1.29, 1.82) is 0 Å². The Morgan fingerprint density at radius 1 is 1.24 bits per heavy atom. The predicted molar refractivity (Wildman–Crippen MR) is 69.1 cm³/mol. The van der Waals surface area contributed by atoms with E-state index in [-0.39, 0.29) is 11.6 Å². The van der Waals surface area contributed by atoms with Crippen molar-refractivity contribution in [2.75, 3.05) is 13.1 Å². The van der Waals surface area contributed by atoms with Crippen LogP contribution in [-0.4, -0.2) is 41.3 Å². The quantitative estimate of drug-likeness (QED) is 0.767. The van der Waals surface area contributed by atoms with Crippen LogP contribution in [0.1, 0.15) is 48.0 Å². The number of hydrogen-bond donors (Lipinski definition) is 1. The topological polar surface area (TPSA) is 41.6 Å². The lowest BCUT2D eigenvalue weighted by molar-refractivity contribution is 0.0289.